The van der Waals surface area contributed by atoms with E-state index in [2.05, 4.69) is 40.2 Å². The van der Waals surface area contributed by atoms with E-state index in [-0.39, 0.29) is 0 Å². The maximum absolute atomic E-state index is 4.53. The second-order valence-corrected chi connectivity index (χ2v) is 6.10. The molecule has 17 heavy (non-hydrogen) atoms. The Morgan fingerprint density at radius 2 is 2.06 bits per heavy atom. The number of rotatable bonds is 4. The van der Waals surface area contributed by atoms with Crippen LogP contribution in [0.15, 0.2) is 4.47 Å². The molecule has 1 aliphatic carbocycles. The minimum Gasteiger partial charge on any atom is -0.306 e. The van der Waals surface area contributed by atoms with Crippen molar-refractivity contribution in [1.82, 2.24) is 15.1 Å². The van der Waals surface area contributed by atoms with Gasteiger partial charge in [0.05, 0.1) is 15.9 Å². The highest BCUT2D eigenvalue weighted by atomic mass is 79.9. The van der Waals surface area contributed by atoms with Gasteiger partial charge in [-0.1, -0.05) is 19.8 Å². The lowest BCUT2D eigenvalue weighted by atomic mass is 10.0. The van der Waals surface area contributed by atoms with Gasteiger partial charge in [0.2, 0.25) is 0 Å². The van der Waals surface area contributed by atoms with Crippen LogP contribution in [0.1, 0.15) is 50.9 Å². The Hall–Kier alpha value is -0.350. The average molecular weight is 300 g/mol. The molecule has 1 fully saturated rings. The molecule has 0 spiro atoms. The van der Waals surface area contributed by atoms with Gasteiger partial charge < -0.3 is 5.32 Å². The van der Waals surface area contributed by atoms with Crippen LogP contribution < -0.4 is 5.32 Å². The average Bonchev–Trinajstić information content (AvgIpc) is 2.83. The zero-order valence-corrected chi connectivity index (χ0v) is 12.6. The minimum absolute atomic E-state index is 0.329. The highest BCUT2D eigenvalue weighted by Gasteiger charge is 2.28. The highest BCUT2D eigenvalue weighted by molar-refractivity contribution is 9.10. The van der Waals surface area contributed by atoms with Gasteiger partial charge in [-0.2, -0.15) is 5.10 Å². The number of aromatic nitrogens is 2. The molecule has 3 nitrogen and oxygen atoms in total. The first-order valence-electron chi connectivity index (χ1n) is 6.51. The fourth-order valence-electron chi connectivity index (χ4n) is 2.64. The normalized spacial score (nSPS) is 18.8. The summed E-state index contributed by atoms with van der Waals surface area (Å²) >= 11 is 3.67. The first-order valence-corrected chi connectivity index (χ1v) is 7.30. The summed E-state index contributed by atoms with van der Waals surface area (Å²) in [7, 11) is 2.03. The summed E-state index contributed by atoms with van der Waals surface area (Å²) < 4.78 is 3.17. The predicted octanol–water partition coefficient (Wildman–Crippen LogP) is 3.17. The van der Waals surface area contributed by atoms with Crippen molar-refractivity contribution in [3.8, 4) is 0 Å². The molecule has 0 bridgehead atoms. The van der Waals surface area contributed by atoms with Crippen molar-refractivity contribution in [3.05, 3.63) is 15.9 Å². The van der Waals surface area contributed by atoms with Gasteiger partial charge in [0, 0.05) is 19.1 Å². The first kappa shape index (κ1) is 13.1. The molecule has 0 saturated heterocycles. The molecule has 0 radical (unpaired) electrons. The molecule has 0 atom stereocenters. The largest absolute Gasteiger partial charge is 0.306 e. The summed E-state index contributed by atoms with van der Waals surface area (Å²) in [5.74, 6) is 0. The maximum atomic E-state index is 4.53. The molecule has 2 rings (SSSR count). The monoisotopic (exact) mass is 299 g/mol. The fourth-order valence-corrected chi connectivity index (χ4v) is 3.40. The molecule has 96 valence electrons. The Morgan fingerprint density at radius 1 is 1.41 bits per heavy atom. The summed E-state index contributed by atoms with van der Waals surface area (Å²) in [6.07, 6.45) is 6.28. The van der Waals surface area contributed by atoms with E-state index in [0.717, 1.165) is 18.7 Å². The molecule has 1 aliphatic rings. The van der Waals surface area contributed by atoms with Crippen LogP contribution in [-0.4, -0.2) is 15.3 Å². The Labute approximate surface area is 112 Å². The van der Waals surface area contributed by atoms with Crippen molar-refractivity contribution in [2.24, 2.45) is 7.05 Å². The smallest absolute Gasteiger partial charge is 0.0767 e. The summed E-state index contributed by atoms with van der Waals surface area (Å²) in [6, 6.07) is 0. The molecular formula is C13H22BrN3. The Balaban J connectivity index is 2.06. The summed E-state index contributed by atoms with van der Waals surface area (Å²) in [4.78, 5) is 0. The van der Waals surface area contributed by atoms with Gasteiger partial charge in [0.15, 0.2) is 0 Å². The molecule has 0 aromatic carbocycles. The van der Waals surface area contributed by atoms with Crippen molar-refractivity contribution in [1.29, 1.82) is 0 Å². The van der Waals surface area contributed by atoms with Crippen molar-refractivity contribution in [2.75, 3.05) is 0 Å². The highest BCUT2D eigenvalue weighted by Crippen LogP contribution is 2.30. The quantitative estimate of drug-likeness (QED) is 0.925. The van der Waals surface area contributed by atoms with E-state index in [0.29, 0.717) is 5.54 Å². The zero-order valence-electron chi connectivity index (χ0n) is 11.0. The van der Waals surface area contributed by atoms with Crippen LogP contribution in [-0.2, 0) is 20.0 Å². The van der Waals surface area contributed by atoms with Crippen molar-refractivity contribution >= 4 is 15.9 Å². The Morgan fingerprint density at radius 3 is 2.59 bits per heavy atom. The van der Waals surface area contributed by atoms with Crippen molar-refractivity contribution in [2.45, 2.75) is 58.0 Å². The lowest BCUT2D eigenvalue weighted by Gasteiger charge is -2.25. The van der Waals surface area contributed by atoms with Gasteiger partial charge in [-0.05, 0) is 42.1 Å². The Kier molecular flexibility index (Phi) is 3.93. The van der Waals surface area contributed by atoms with Gasteiger partial charge in [-0.25, -0.2) is 0 Å². The SMILES string of the molecule is CCc1nn(C)c(CNC2(C)CCCC2)c1Br. The molecule has 1 aromatic heterocycles. The molecule has 1 aromatic rings. The second-order valence-electron chi connectivity index (χ2n) is 5.31. The maximum Gasteiger partial charge on any atom is 0.0767 e. The summed E-state index contributed by atoms with van der Waals surface area (Å²) in [5.41, 5.74) is 2.74. The summed E-state index contributed by atoms with van der Waals surface area (Å²) in [5, 5.41) is 8.23. The van der Waals surface area contributed by atoms with Crippen LogP contribution in [0.4, 0.5) is 0 Å². The Bertz CT molecular complexity index is 392. The van der Waals surface area contributed by atoms with Gasteiger partial charge in [0.25, 0.3) is 0 Å². The third kappa shape index (κ3) is 2.74. The summed E-state index contributed by atoms with van der Waals surface area (Å²) in [6.45, 7) is 5.38. The van der Waals surface area contributed by atoms with Gasteiger partial charge >= 0.3 is 0 Å². The number of nitrogens with one attached hydrogen (secondary N) is 1. The lowest BCUT2D eigenvalue weighted by molar-refractivity contribution is 0.357. The minimum atomic E-state index is 0.329. The van der Waals surface area contributed by atoms with Crippen LogP contribution >= 0.6 is 15.9 Å². The van der Waals surface area contributed by atoms with Crippen LogP contribution in [0.3, 0.4) is 0 Å². The number of hydrogen-bond acceptors (Lipinski definition) is 2. The molecule has 1 N–H and O–H groups in total. The molecule has 1 saturated carbocycles. The number of hydrogen-bond donors (Lipinski definition) is 1. The molecule has 0 amide bonds. The third-order valence-corrected chi connectivity index (χ3v) is 4.81. The van der Waals surface area contributed by atoms with E-state index in [4.69, 9.17) is 0 Å². The third-order valence-electron chi connectivity index (χ3n) is 3.89. The lowest BCUT2D eigenvalue weighted by Crippen LogP contribution is -2.39. The van der Waals surface area contributed by atoms with E-state index in [9.17, 15) is 0 Å². The number of nitrogens with zero attached hydrogens (tertiary/aromatic N) is 2. The van der Waals surface area contributed by atoms with Crippen LogP contribution in [0, 0.1) is 0 Å². The van der Waals surface area contributed by atoms with Crippen LogP contribution in [0.25, 0.3) is 0 Å². The molecule has 4 heteroatoms. The van der Waals surface area contributed by atoms with Crippen LogP contribution in [0.2, 0.25) is 0 Å². The van der Waals surface area contributed by atoms with E-state index in [1.54, 1.807) is 0 Å². The standard InChI is InChI=1S/C13H22BrN3/c1-4-10-12(14)11(17(3)16-10)9-15-13(2)7-5-6-8-13/h15H,4-9H2,1-3H3. The van der Waals surface area contributed by atoms with Crippen molar-refractivity contribution in [3.63, 3.8) is 0 Å². The molecule has 0 aliphatic heterocycles. The second kappa shape index (κ2) is 5.11. The van der Waals surface area contributed by atoms with E-state index >= 15 is 0 Å². The number of aryl methyl sites for hydroxylation is 2. The zero-order chi connectivity index (χ0) is 12.5. The first-order chi connectivity index (χ1) is 8.06. The van der Waals surface area contributed by atoms with E-state index in [1.165, 1.54) is 35.8 Å². The van der Waals surface area contributed by atoms with Gasteiger partial charge in [-0.15, -0.1) is 0 Å². The topological polar surface area (TPSA) is 29.9 Å². The fraction of sp³-hybridized carbons (Fsp3) is 0.769. The predicted molar refractivity (Wildman–Crippen MR) is 74.0 cm³/mol. The van der Waals surface area contributed by atoms with E-state index < -0.39 is 0 Å². The molecule has 1 heterocycles. The molecular weight excluding hydrogens is 278 g/mol. The number of halogens is 1. The van der Waals surface area contributed by atoms with Gasteiger partial charge in [0.1, 0.15) is 0 Å². The van der Waals surface area contributed by atoms with Crippen molar-refractivity contribution < 1.29 is 0 Å². The van der Waals surface area contributed by atoms with Gasteiger partial charge in [-0.3, -0.25) is 4.68 Å². The van der Waals surface area contributed by atoms with Crippen LogP contribution in [0.5, 0.6) is 0 Å². The van der Waals surface area contributed by atoms with E-state index in [1.807, 2.05) is 11.7 Å². The molecule has 0 unspecified atom stereocenters.